The van der Waals surface area contributed by atoms with Crippen LogP contribution in [0.4, 0.5) is 5.69 Å². The van der Waals surface area contributed by atoms with Crippen molar-refractivity contribution in [2.24, 2.45) is 5.92 Å². The molecule has 2 rings (SSSR count). The van der Waals surface area contributed by atoms with Crippen molar-refractivity contribution in [1.82, 2.24) is 5.32 Å². The van der Waals surface area contributed by atoms with Crippen LogP contribution in [0.15, 0.2) is 18.2 Å². The molecule has 0 bridgehead atoms. The van der Waals surface area contributed by atoms with Gasteiger partial charge < -0.3 is 15.3 Å². The number of aliphatic hydroxyl groups excluding tert-OH is 1. The molecule has 0 radical (unpaired) electrons. The van der Waals surface area contributed by atoms with E-state index in [4.69, 9.17) is 0 Å². The summed E-state index contributed by atoms with van der Waals surface area (Å²) in [5.74, 6) is 0.337. The van der Waals surface area contributed by atoms with Crippen molar-refractivity contribution < 1.29 is 5.11 Å². The van der Waals surface area contributed by atoms with Crippen LogP contribution < -0.4 is 10.2 Å². The van der Waals surface area contributed by atoms with Gasteiger partial charge in [0.05, 0.1) is 6.10 Å². The van der Waals surface area contributed by atoms with E-state index in [-0.39, 0.29) is 11.6 Å². The lowest BCUT2D eigenvalue weighted by Crippen LogP contribution is -2.43. The van der Waals surface area contributed by atoms with Crippen molar-refractivity contribution in [2.45, 2.75) is 59.2 Å². The Morgan fingerprint density at radius 3 is 2.67 bits per heavy atom. The molecule has 1 heterocycles. The Hall–Kier alpha value is -1.06. The lowest BCUT2D eigenvalue weighted by Gasteiger charge is -2.37. The first-order chi connectivity index (χ1) is 9.76. The Balaban J connectivity index is 2.18. The molecular weight excluding hydrogens is 260 g/mol. The molecule has 0 spiro atoms. The zero-order valence-corrected chi connectivity index (χ0v) is 14.1. The molecule has 1 saturated heterocycles. The van der Waals surface area contributed by atoms with E-state index in [9.17, 15) is 5.11 Å². The van der Waals surface area contributed by atoms with Gasteiger partial charge in [0.2, 0.25) is 0 Å². The van der Waals surface area contributed by atoms with Crippen LogP contribution in [0.2, 0.25) is 0 Å². The predicted molar refractivity (Wildman–Crippen MR) is 89.8 cm³/mol. The SMILES string of the molecule is Cc1ccc(N2CCC(O)C(C)C2)c(CNC(C)(C)C)c1. The summed E-state index contributed by atoms with van der Waals surface area (Å²) in [6.07, 6.45) is 0.712. The fraction of sp³-hybridized carbons (Fsp3) is 0.667. The maximum Gasteiger partial charge on any atom is 0.0599 e. The third-order valence-electron chi connectivity index (χ3n) is 4.24. The number of aliphatic hydroxyl groups is 1. The lowest BCUT2D eigenvalue weighted by molar-refractivity contribution is 0.0970. The lowest BCUT2D eigenvalue weighted by atomic mass is 9.95. The minimum absolute atomic E-state index is 0.117. The number of rotatable bonds is 3. The number of hydrogen-bond donors (Lipinski definition) is 2. The minimum atomic E-state index is -0.150. The third-order valence-corrected chi connectivity index (χ3v) is 4.24. The van der Waals surface area contributed by atoms with Gasteiger partial charge in [0.25, 0.3) is 0 Å². The number of piperidine rings is 1. The Kier molecular flexibility index (Phi) is 4.95. The normalized spacial score (nSPS) is 23.4. The molecular formula is C18H30N2O. The molecule has 1 aliphatic heterocycles. The number of hydrogen-bond acceptors (Lipinski definition) is 3. The van der Waals surface area contributed by atoms with Crippen LogP contribution in [-0.2, 0) is 6.54 Å². The van der Waals surface area contributed by atoms with Crippen LogP contribution in [0.25, 0.3) is 0 Å². The summed E-state index contributed by atoms with van der Waals surface area (Å²) in [6.45, 7) is 13.6. The number of aryl methyl sites for hydroxylation is 1. The van der Waals surface area contributed by atoms with E-state index in [2.05, 4.69) is 63.0 Å². The van der Waals surface area contributed by atoms with E-state index in [0.29, 0.717) is 5.92 Å². The summed E-state index contributed by atoms with van der Waals surface area (Å²) in [4.78, 5) is 2.43. The van der Waals surface area contributed by atoms with Gasteiger partial charge in [-0.15, -0.1) is 0 Å². The van der Waals surface area contributed by atoms with Crippen molar-refractivity contribution in [2.75, 3.05) is 18.0 Å². The first-order valence-corrected chi connectivity index (χ1v) is 8.04. The zero-order chi connectivity index (χ0) is 15.6. The number of nitrogens with zero attached hydrogens (tertiary/aromatic N) is 1. The largest absolute Gasteiger partial charge is 0.393 e. The molecule has 2 unspecified atom stereocenters. The summed E-state index contributed by atoms with van der Waals surface area (Å²) >= 11 is 0. The molecule has 21 heavy (non-hydrogen) atoms. The van der Waals surface area contributed by atoms with Crippen molar-refractivity contribution in [3.63, 3.8) is 0 Å². The molecule has 1 aromatic carbocycles. The second-order valence-electron chi connectivity index (χ2n) is 7.52. The zero-order valence-electron chi connectivity index (χ0n) is 14.1. The molecule has 1 aromatic rings. The molecule has 118 valence electrons. The van der Waals surface area contributed by atoms with Crippen LogP contribution in [0.5, 0.6) is 0 Å². The van der Waals surface area contributed by atoms with Crippen LogP contribution in [0, 0.1) is 12.8 Å². The maximum atomic E-state index is 9.93. The smallest absolute Gasteiger partial charge is 0.0599 e. The molecule has 0 saturated carbocycles. The number of benzene rings is 1. The van der Waals surface area contributed by atoms with Gasteiger partial charge in [-0.2, -0.15) is 0 Å². The Morgan fingerprint density at radius 2 is 2.05 bits per heavy atom. The fourth-order valence-corrected chi connectivity index (χ4v) is 2.88. The van der Waals surface area contributed by atoms with Gasteiger partial charge in [-0.25, -0.2) is 0 Å². The van der Waals surface area contributed by atoms with Gasteiger partial charge in [-0.1, -0.05) is 24.6 Å². The summed E-state index contributed by atoms with van der Waals surface area (Å²) in [6, 6.07) is 6.70. The Bertz CT molecular complexity index is 479. The second kappa shape index (κ2) is 6.37. The van der Waals surface area contributed by atoms with E-state index in [0.717, 1.165) is 26.1 Å². The van der Waals surface area contributed by atoms with E-state index in [1.807, 2.05) is 0 Å². The predicted octanol–water partition coefficient (Wildman–Crippen LogP) is 3.09. The number of anilines is 1. The van der Waals surface area contributed by atoms with Crippen LogP contribution >= 0.6 is 0 Å². The topological polar surface area (TPSA) is 35.5 Å². The summed E-state index contributed by atoms with van der Waals surface area (Å²) < 4.78 is 0. The summed E-state index contributed by atoms with van der Waals surface area (Å²) in [5, 5.41) is 13.5. The van der Waals surface area contributed by atoms with Crippen molar-refractivity contribution >= 4 is 5.69 Å². The molecule has 0 aromatic heterocycles. The maximum absolute atomic E-state index is 9.93. The highest BCUT2D eigenvalue weighted by atomic mass is 16.3. The molecule has 0 aliphatic carbocycles. The summed E-state index contributed by atoms with van der Waals surface area (Å²) in [5.41, 5.74) is 4.09. The molecule has 2 N–H and O–H groups in total. The number of nitrogens with one attached hydrogen (secondary N) is 1. The highest BCUT2D eigenvalue weighted by Crippen LogP contribution is 2.27. The minimum Gasteiger partial charge on any atom is -0.393 e. The van der Waals surface area contributed by atoms with Gasteiger partial charge in [0, 0.05) is 30.9 Å². The third kappa shape index (κ3) is 4.45. The highest BCUT2D eigenvalue weighted by molar-refractivity contribution is 5.55. The molecule has 3 heteroatoms. The standard InChI is InChI=1S/C18H30N2O/c1-13-6-7-16(15(10-13)11-19-18(3,4)5)20-9-8-17(21)14(2)12-20/h6-7,10,14,17,19,21H,8-9,11-12H2,1-5H3. The van der Waals surface area contributed by atoms with Crippen LogP contribution in [0.1, 0.15) is 45.2 Å². The average Bonchev–Trinajstić information content (AvgIpc) is 2.39. The van der Waals surface area contributed by atoms with Gasteiger partial charge in [-0.3, -0.25) is 0 Å². The molecule has 1 fully saturated rings. The quantitative estimate of drug-likeness (QED) is 0.898. The van der Waals surface area contributed by atoms with Gasteiger partial charge in [0.15, 0.2) is 0 Å². The Morgan fingerprint density at radius 1 is 1.33 bits per heavy atom. The molecule has 1 aliphatic rings. The fourth-order valence-electron chi connectivity index (χ4n) is 2.88. The second-order valence-corrected chi connectivity index (χ2v) is 7.52. The Labute approximate surface area is 129 Å². The van der Waals surface area contributed by atoms with Crippen LogP contribution in [0.3, 0.4) is 0 Å². The van der Waals surface area contributed by atoms with Crippen molar-refractivity contribution in [1.29, 1.82) is 0 Å². The summed E-state index contributed by atoms with van der Waals surface area (Å²) in [7, 11) is 0. The van der Waals surface area contributed by atoms with E-state index in [1.165, 1.54) is 16.8 Å². The molecule has 0 amide bonds. The first kappa shape index (κ1) is 16.3. The van der Waals surface area contributed by atoms with Gasteiger partial charge >= 0.3 is 0 Å². The molecule has 2 atom stereocenters. The van der Waals surface area contributed by atoms with E-state index < -0.39 is 0 Å². The van der Waals surface area contributed by atoms with Crippen molar-refractivity contribution in [3.8, 4) is 0 Å². The van der Waals surface area contributed by atoms with Gasteiger partial charge in [-0.05, 0) is 51.7 Å². The highest BCUT2D eigenvalue weighted by Gasteiger charge is 2.25. The molecule has 3 nitrogen and oxygen atoms in total. The first-order valence-electron chi connectivity index (χ1n) is 8.04. The average molecular weight is 290 g/mol. The van der Waals surface area contributed by atoms with Gasteiger partial charge in [0.1, 0.15) is 0 Å². The monoisotopic (exact) mass is 290 g/mol. The van der Waals surface area contributed by atoms with E-state index in [1.54, 1.807) is 0 Å². The van der Waals surface area contributed by atoms with Crippen LogP contribution in [-0.4, -0.2) is 29.8 Å². The van der Waals surface area contributed by atoms with E-state index >= 15 is 0 Å². The van der Waals surface area contributed by atoms with Crippen molar-refractivity contribution in [3.05, 3.63) is 29.3 Å².